The average molecular weight is 348 g/mol. The molecule has 2 aromatic rings. The summed E-state index contributed by atoms with van der Waals surface area (Å²) in [5.74, 6) is 1.38. The summed E-state index contributed by atoms with van der Waals surface area (Å²) >= 11 is 0. The van der Waals surface area contributed by atoms with E-state index >= 15 is 0 Å². The molecule has 1 atom stereocenters. The van der Waals surface area contributed by atoms with E-state index in [4.69, 9.17) is 9.63 Å². The first-order valence-corrected chi connectivity index (χ1v) is 8.95. The van der Waals surface area contributed by atoms with Crippen LogP contribution in [0.5, 0.6) is 0 Å². The van der Waals surface area contributed by atoms with Crippen molar-refractivity contribution in [2.24, 2.45) is 0 Å². The minimum atomic E-state index is 0.113. The molecule has 2 aromatic heterocycles. The van der Waals surface area contributed by atoms with Crippen molar-refractivity contribution in [1.29, 1.82) is 0 Å². The van der Waals surface area contributed by atoms with Gasteiger partial charge in [-0.25, -0.2) is 0 Å². The van der Waals surface area contributed by atoms with Gasteiger partial charge in [0.05, 0.1) is 25.4 Å². The molecule has 8 heteroatoms. The molecule has 1 saturated heterocycles. The maximum atomic E-state index is 9.13. The minimum absolute atomic E-state index is 0.113. The third-order valence-electron chi connectivity index (χ3n) is 4.85. The number of nitrogens with zero attached hydrogens (tertiary/aromatic N) is 5. The molecular formula is C17H28N6O2. The Morgan fingerprint density at radius 3 is 2.88 bits per heavy atom. The van der Waals surface area contributed by atoms with Crippen LogP contribution in [0.2, 0.25) is 0 Å². The van der Waals surface area contributed by atoms with E-state index in [1.54, 1.807) is 0 Å². The lowest BCUT2D eigenvalue weighted by atomic mass is 10.0. The highest BCUT2D eigenvalue weighted by atomic mass is 16.5. The summed E-state index contributed by atoms with van der Waals surface area (Å²) in [5.41, 5.74) is 3.40. The fourth-order valence-corrected chi connectivity index (χ4v) is 3.52. The molecule has 1 aliphatic heterocycles. The van der Waals surface area contributed by atoms with E-state index in [1.165, 1.54) is 12.0 Å². The molecule has 1 fully saturated rings. The number of aliphatic hydroxyl groups is 1. The van der Waals surface area contributed by atoms with Crippen molar-refractivity contribution >= 4 is 0 Å². The predicted molar refractivity (Wildman–Crippen MR) is 93.0 cm³/mol. The topological polar surface area (TPSA) is 92.2 Å². The summed E-state index contributed by atoms with van der Waals surface area (Å²) in [5, 5.41) is 21.3. The van der Waals surface area contributed by atoms with E-state index in [0.29, 0.717) is 18.5 Å². The molecule has 0 amide bonds. The Balaban J connectivity index is 1.54. The van der Waals surface area contributed by atoms with Crippen molar-refractivity contribution in [3.05, 3.63) is 28.7 Å². The molecule has 0 aliphatic carbocycles. The zero-order valence-electron chi connectivity index (χ0n) is 15.3. The molecular weight excluding hydrogens is 320 g/mol. The Bertz CT molecular complexity index is 695. The molecule has 8 nitrogen and oxygen atoms in total. The normalized spacial score (nSPS) is 18.8. The molecule has 1 unspecified atom stereocenters. The first-order chi connectivity index (χ1) is 12.1. The van der Waals surface area contributed by atoms with E-state index in [1.807, 2.05) is 18.5 Å². The van der Waals surface area contributed by atoms with Crippen LogP contribution in [-0.2, 0) is 19.6 Å². The zero-order chi connectivity index (χ0) is 17.8. The van der Waals surface area contributed by atoms with E-state index in [9.17, 15) is 0 Å². The van der Waals surface area contributed by atoms with Crippen LogP contribution in [-0.4, -0.2) is 55.7 Å². The number of piperidine rings is 1. The van der Waals surface area contributed by atoms with Gasteiger partial charge in [-0.1, -0.05) is 5.16 Å². The van der Waals surface area contributed by atoms with E-state index < -0.39 is 0 Å². The number of hydrogen-bond donors (Lipinski definition) is 2. The Labute approximate surface area is 148 Å². The SMILES string of the molecule is Cc1nc(CN2CCCC(NCc3c(C)nn(CCO)c3C)C2)no1. The summed E-state index contributed by atoms with van der Waals surface area (Å²) in [4.78, 5) is 6.67. The monoisotopic (exact) mass is 348 g/mol. The van der Waals surface area contributed by atoms with Gasteiger partial charge in [0.1, 0.15) is 0 Å². The summed E-state index contributed by atoms with van der Waals surface area (Å²) in [6.45, 7) is 10.2. The highest BCUT2D eigenvalue weighted by molar-refractivity contribution is 5.24. The van der Waals surface area contributed by atoms with Gasteiger partial charge in [0.15, 0.2) is 5.82 Å². The van der Waals surface area contributed by atoms with Crippen LogP contribution in [0.1, 0.15) is 41.5 Å². The summed E-state index contributed by atoms with van der Waals surface area (Å²) in [7, 11) is 0. The molecule has 3 heterocycles. The first kappa shape index (κ1) is 18.0. The van der Waals surface area contributed by atoms with Crippen LogP contribution in [0.3, 0.4) is 0 Å². The molecule has 0 radical (unpaired) electrons. The summed E-state index contributed by atoms with van der Waals surface area (Å²) in [6, 6.07) is 0.446. The molecule has 1 aliphatic rings. The quantitative estimate of drug-likeness (QED) is 0.769. The average Bonchev–Trinajstić information content (AvgIpc) is 3.10. The summed E-state index contributed by atoms with van der Waals surface area (Å²) in [6.07, 6.45) is 2.33. The van der Waals surface area contributed by atoms with Gasteiger partial charge in [-0.3, -0.25) is 9.58 Å². The molecule has 0 aromatic carbocycles. The number of aryl methyl sites for hydroxylation is 2. The summed E-state index contributed by atoms with van der Waals surface area (Å²) < 4.78 is 6.94. The zero-order valence-corrected chi connectivity index (χ0v) is 15.3. The highest BCUT2D eigenvalue weighted by Gasteiger charge is 2.22. The lowest BCUT2D eigenvalue weighted by Crippen LogP contribution is -2.45. The Morgan fingerprint density at radius 2 is 2.16 bits per heavy atom. The van der Waals surface area contributed by atoms with Crippen molar-refractivity contribution < 1.29 is 9.63 Å². The third-order valence-corrected chi connectivity index (χ3v) is 4.85. The van der Waals surface area contributed by atoms with Crippen LogP contribution < -0.4 is 5.32 Å². The van der Waals surface area contributed by atoms with Crippen molar-refractivity contribution in [1.82, 2.24) is 30.1 Å². The van der Waals surface area contributed by atoms with Crippen molar-refractivity contribution in [3.63, 3.8) is 0 Å². The van der Waals surface area contributed by atoms with Gasteiger partial charge in [-0.15, -0.1) is 0 Å². The smallest absolute Gasteiger partial charge is 0.223 e. The van der Waals surface area contributed by atoms with Gasteiger partial charge in [0.2, 0.25) is 5.89 Å². The van der Waals surface area contributed by atoms with Crippen molar-refractivity contribution in [3.8, 4) is 0 Å². The number of rotatable bonds is 7. The Kier molecular flexibility index (Phi) is 5.82. The molecule has 0 spiro atoms. The highest BCUT2D eigenvalue weighted by Crippen LogP contribution is 2.16. The third kappa shape index (κ3) is 4.45. The molecule has 2 N–H and O–H groups in total. The van der Waals surface area contributed by atoms with Crippen LogP contribution in [0.4, 0.5) is 0 Å². The fourth-order valence-electron chi connectivity index (χ4n) is 3.52. The maximum Gasteiger partial charge on any atom is 0.223 e. The fraction of sp³-hybridized carbons (Fsp3) is 0.706. The van der Waals surface area contributed by atoms with Crippen LogP contribution in [0, 0.1) is 20.8 Å². The molecule has 138 valence electrons. The Hall–Kier alpha value is -1.77. The van der Waals surface area contributed by atoms with Crippen LogP contribution in [0.25, 0.3) is 0 Å². The number of aliphatic hydroxyl groups excluding tert-OH is 1. The second-order valence-corrected chi connectivity index (χ2v) is 6.78. The standard InChI is InChI=1S/C17H28N6O2/c1-12-16(13(2)23(20-12)7-8-24)9-18-15-5-4-6-22(10-15)11-17-19-14(3)25-21-17/h15,18,24H,4-11H2,1-3H3. The van der Waals surface area contributed by atoms with E-state index in [-0.39, 0.29) is 6.61 Å². The van der Waals surface area contributed by atoms with Gasteiger partial charge < -0.3 is 14.9 Å². The first-order valence-electron chi connectivity index (χ1n) is 8.95. The minimum Gasteiger partial charge on any atom is -0.394 e. The van der Waals surface area contributed by atoms with Gasteiger partial charge in [-0.05, 0) is 33.2 Å². The number of nitrogens with one attached hydrogen (secondary N) is 1. The Morgan fingerprint density at radius 1 is 1.32 bits per heavy atom. The van der Waals surface area contributed by atoms with E-state index in [0.717, 1.165) is 49.8 Å². The lowest BCUT2D eigenvalue weighted by molar-refractivity contribution is 0.177. The van der Waals surface area contributed by atoms with Gasteiger partial charge in [0.25, 0.3) is 0 Å². The number of aromatic nitrogens is 4. The largest absolute Gasteiger partial charge is 0.394 e. The molecule has 25 heavy (non-hydrogen) atoms. The molecule has 3 rings (SSSR count). The van der Waals surface area contributed by atoms with Crippen LogP contribution in [0.15, 0.2) is 4.52 Å². The van der Waals surface area contributed by atoms with Gasteiger partial charge >= 0.3 is 0 Å². The molecule has 0 saturated carbocycles. The van der Waals surface area contributed by atoms with Crippen LogP contribution >= 0.6 is 0 Å². The maximum absolute atomic E-state index is 9.13. The van der Waals surface area contributed by atoms with E-state index in [2.05, 4.69) is 32.4 Å². The number of likely N-dealkylation sites (tertiary alicyclic amines) is 1. The molecule has 0 bridgehead atoms. The lowest BCUT2D eigenvalue weighted by Gasteiger charge is -2.32. The van der Waals surface area contributed by atoms with Crippen molar-refractivity contribution in [2.45, 2.75) is 59.3 Å². The van der Waals surface area contributed by atoms with Crippen molar-refractivity contribution in [2.75, 3.05) is 19.7 Å². The van der Waals surface area contributed by atoms with Gasteiger partial charge in [0, 0.05) is 37.3 Å². The number of hydrogen-bond acceptors (Lipinski definition) is 7. The predicted octanol–water partition coefficient (Wildman–Crippen LogP) is 0.938. The second kappa shape index (κ2) is 8.07. The van der Waals surface area contributed by atoms with Gasteiger partial charge in [-0.2, -0.15) is 10.1 Å². The second-order valence-electron chi connectivity index (χ2n) is 6.78.